The van der Waals surface area contributed by atoms with Crippen molar-refractivity contribution in [2.24, 2.45) is 0 Å². The van der Waals surface area contributed by atoms with E-state index >= 15 is 0 Å². The van der Waals surface area contributed by atoms with Gasteiger partial charge in [-0.25, -0.2) is 4.98 Å². The van der Waals surface area contributed by atoms with Crippen molar-refractivity contribution in [1.29, 1.82) is 0 Å². The molecule has 3 rings (SSSR count). The lowest BCUT2D eigenvalue weighted by molar-refractivity contribution is 0.525. The first-order chi connectivity index (χ1) is 9.74. The van der Waals surface area contributed by atoms with Crippen molar-refractivity contribution in [1.82, 2.24) is 14.9 Å². The number of imidazole rings is 1. The Morgan fingerprint density at radius 1 is 1.40 bits per heavy atom. The molecule has 2 aromatic rings. The van der Waals surface area contributed by atoms with Crippen molar-refractivity contribution in [2.45, 2.75) is 43.8 Å². The zero-order valence-electron chi connectivity index (χ0n) is 12.0. The van der Waals surface area contributed by atoms with Crippen LogP contribution in [-0.4, -0.2) is 21.3 Å². The number of fused-ring (bicyclic) bond motifs is 1. The van der Waals surface area contributed by atoms with Crippen LogP contribution in [0.15, 0.2) is 41.6 Å². The fraction of sp³-hybridized carbons (Fsp3) is 0.438. The Hall–Kier alpha value is -1.26. The normalized spacial score (nSPS) is 17.6. The molecule has 3 nitrogen and oxygen atoms in total. The van der Waals surface area contributed by atoms with Crippen LogP contribution in [0.4, 0.5) is 0 Å². The fourth-order valence-corrected chi connectivity index (χ4v) is 3.83. The molecule has 0 amide bonds. The van der Waals surface area contributed by atoms with E-state index in [9.17, 15) is 0 Å². The van der Waals surface area contributed by atoms with Crippen LogP contribution >= 0.6 is 11.8 Å². The Bertz CT molecular complexity index is 577. The van der Waals surface area contributed by atoms with E-state index in [1.54, 1.807) is 0 Å². The molecule has 4 heteroatoms. The molecule has 0 radical (unpaired) electrons. The van der Waals surface area contributed by atoms with Crippen molar-refractivity contribution >= 4 is 11.8 Å². The van der Waals surface area contributed by atoms with Crippen LogP contribution in [0.2, 0.25) is 0 Å². The topological polar surface area (TPSA) is 29.9 Å². The van der Waals surface area contributed by atoms with E-state index in [-0.39, 0.29) is 0 Å². The first-order valence-corrected chi connectivity index (χ1v) is 8.17. The number of nitrogens with zero attached hydrogens (tertiary/aromatic N) is 2. The quantitative estimate of drug-likeness (QED) is 0.915. The highest BCUT2D eigenvalue weighted by atomic mass is 32.2. The molecule has 0 saturated heterocycles. The van der Waals surface area contributed by atoms with Gasteiger partial charge in [-0.05, 0) is 11.6 Å². The van der Waals surface area contributed by atoms with Crippen molar-refractivity contribution < 1.29 is 0 Å². The van der Waals surface area contributed by atoms with Gasteiger partial charge >= 0.3 is 0 Å². The molecule has 1 N–H and O–H groups in total. The van der Waals surface area contributed by atoms with Crippen LogP contribution in [0.1, 0.15) is 31.2 Å². The molecular formula is C16H21N3S. The Balaban J connectivity index is 1.72. The van der Waals surface area contributed by atoms with Gasteiger partial charge in [0.05, 0.1) is 6.54 Å². The maximum absolute atomic E-state index is 4.48. The second kappa shape index (κ2) is 6.02. The lowest BCUT2D eigenvalue weighted by atomic mass is 10.0. The smallest absolute Gasteiger partial charge is 0.122 e. The Kier molecular flexibility index (Phi) is 4.13. The molecule has 1 aliphatic heterocycles. The van der Waals surface area contributed by atoms with Crippen LogP contribution in [0, 0.1) is 0 Å². The van der Waals surface area contributed by atoms with Crippen LogP contribution in [0.3, 0.4) is 0 Å². The number of hydrogen-bond acceptors (Lipinski definition) is 3. The number of hydrogen-bond donors (Lipinski definition) is 1. The third kappa shape index (κ3) is 2.91. The highest BCUT2D eigenvalue weighted by Gasteiger charge is 2.23. The first kappa shape index (κ1) is 13.7. The summed E-state index contributed by atoms with van der Waals surface area (Å²) < 4.78 is 2.29. The number of nitrogens with one attached hydrogen (secondary N) is 1. The van der Waals surface area contributed by atoms with Gasteiger partial charge in [0, 0.05) is 41.5 Å². The Morgan fingerprint density at radius 2 is 2.25 bits per heavy atom. The summed E-state index contributed by atoms with van der Waals surface area (Å²) in [4.78, 5) is 5.92. The molecule has 0 spiro atoms. The molecule has 0 fully saturated rings. The molecule has 0 bridgehead atoms. The highest BCUT2D eigenvalue weighted by molar-refractivity contribution is 7.99. The summed E-state index contributed by atoms with van der Waals surface area (Å²) in [5, 5.41) is 3.44. The zero-order chi connectivity index (χ0) is 13.9. The van der Waals surface area contributed by atoms with Gasteiger partial charge in [0.25, 0.3) is 0 Å². The van der Waals surface area contributed by atoms with Crippen LogP contribution in [0.25, 0.3) is 0 Å². The van der Waals surface area contributed by atoms with E-state index in [2.05, 4.69) is 59.2 Å². The van der Waals surface area contributed by atoms with E-state index in [1.165, 1.54) is 16.2 Å². The minimum absolute atomic E-state index is 0.489. The monoisotopic (exact) mass is 287 g/mol. The summed E-state index contributed by atoms with van der Waals surface area (Å²) in [6, 6.07) is 9.26. The third-order valence-electron chi connectivity index (χ3n) is 3.69. The standard InChI is InChI=1S/C16H21N3S/c1-12(2)18-9-16-17-7-8-19(16)10-13-11-20-15-6-4-3-5-14(13)15/h3-8,12-13,18H,9-11H2,1-2H3. The summed E-state index contributed by atoms with van der Waals surface area (Å²) in [6.45, 7) is 6.19. The van der Waals surface area contributed by atoms with Gasteiger partial charge < -0.3 is 9.88 Å². The summed E-state index contributed by atoms with van der Waals surface area (Å²) in [5.41, 5.74) is 1.49. The fourth-order valence-electron chi connectivity index (χ4n) is 2.59. The Labute approximate surface area is 124 Å². The van der Waals surface area contributed by atoms with Gasteiger partial charge in [0.2, 0.25) is 0 Å². The molecule has 1 aliphatic rings. The molecule has 1 aromatic heterocycles. The van der Waals surface area contributed by atoms with E-state index in [0.29, 0.717) is 12.0 Å². The van der Waals surface area contributed by atoms with Crippen molar-refractivity contribution in [3.05, 3.63) is 48.0 Å². The lowest BCUT2D eigenvalue weighted by Crippen LogP contribution is -2.24. The summed E-state index contributed by atoms with van der Waals surface area (Å²) in [7, 11) is 0. The molecule has 1 aromatic carbocycles. The van der Waals surface area contributed by atoms with E-state index < -0.39 is 0 Å². The zero-order valence-corrected chi connectivity index (χ0v) is 12.9. The second-order valence-corrected chi connectivity index (χ2v) is 6.64. The predicted molar refractivity (Wildman–Crippen MR) is 84.1 cm³/mol. The Morgan fingerprint density at radius 3 is 3.10 bits per heavy atom. The number of thioether (sulfide) groups is 1. The van der Waals surface area contributed by atoms with Gasteiger partial charge in [0.1, 0.15) is 5.82 Å². The second-order valence-electron chi connectivity index (χ2n) is 5.58. The summed E-state index contributed by atoms with van der Waals surface area (Å²) in [5.74, 6) is 2.91. The number of rotatable bonds is 5. The highest BCUT2D eigenvalue weighted by Crippen LogP contribution is 2.40. The molecular weight excluding hydrogens is 266 g/mol. The van der Waals surface area contributed by atoms with Crippen LogP contribution in [-0.2, 0) is 13.1 Å². The molecule has 2 heterocycles. The van der Waals surface area contributed by atoms with Crippen LogP contribution < -0.4 is 5.32 Å². The van der Waals surface area contributed by atoms with Gasteiger partial charge in [-0.15, -0.1) is 11.8 Å². The maximum Gasteiger partial charge on any atom is 0.122 e. The van der Waals surface area contributed by atoms with Gasteiger partial charge in [-0.3, -0.25) is 0 Å². The largest absolute Gasteiger partial charge is 0.333 e. The molecule has 1 atom stereocenters. The minimum Gasteiger partial charge on any atom is -0.333 e. The molecule has 106 valence electrons. The van der Waals surface area contributed by atoms with Crippen molar-refractivity contribution in [3.8, 4) is 0 Å². The SMILES string of the molecule is CC(C)NCc1nccn1CC1CSc2ccccc21. The minimum atomic E-state index is 0.489. The van der Waals surface area contributed by atoms with Gasteiger partial charge in [0.15, 0.2) is 0 Å². The molecule has 20 heavy (non-hydrogen) atoms. The molecule has 0 aliphatic carbocycles. The predicted octanol–water partition coefficient (Wildman–Crippen LogP) is 3.27. The van der Waals surface area contributed by atoms with Crippen molar-refractivity contribution in [2.75, 3.05) is 5.75 Å². The van der Waals surface area contributed by atoms with E-state index in [4.69, 9.17) is 0 Å². The maximum atomic E-state index is 4.48. The van der Waals surface area contributed by atoms with E-state index in [1.807, 2.05) is 18.0 Å². The lowest BCUT2D eigenvalue weighted by Gasteiger charge is -2.15. The van der Waals surface area contributed by atoms with Gasteiger partial charge in [-0.2, -0.15) is 0 Å². The van der Waals surface area contributed by atoms with Crippen LogP contribution in [0.5, 0.6) is 0 Å². The van der Waals surface area contributed by atoms with Gasteiger partial charge in [-0.1, -0.05) is 32.0 Å². The van der Waals surface area contributed by atoms with E-state index in [0.717, 1.165) is 18.9 Å². The average Bonchev–Trinajstić information content (AvgIpc) is 3.05. The summed E-state index contributed by atoms with van der Waals surface area (Å²) >= 11 is 1.97. The third-order valence-corrected chi connectivity index (χ3v) is 4.94. The summed E-state index contributed by atoms with van der Waals surface area (Å²) in [6.07, 6.45) is 4.01. The number of aromatic nitrogens is 2. The first-order valence-electron chi connectivity index (χ1n) is 7.19. The molecule has 1 unspecified atom stereocenters. The average molecular weight is 287 g/mol. The number of benzene rings is 1. The molecule has 0 saturated carbocycles. The van der Waals surface area contributed by atoms with Crippen molar-refractivity contribution in [3.63, 3.8) is 0 Å².